The van der Waals surface area contributed by atoms with Crippen LogP contribution in [0.15, 0.2) is 91.0 Å². The fourth-order valence-electron chi connectivity index (χ4n) is 3.27. The predicted molar refractivity (Wildman–Crippen MR) is 113 cm³/mol. The Morgan fingerprint density at radius 2 is 0.692 bits per heavy atom. The molecular formula is C24H28OSn. The van der Waals surface area contributed by atoms with E-state index in [1.165, 1.54) is 49.3 Å². The van der Waals surface area contributed by atoms with E-state index in [0.717, 1.165) is 0 Å². The second-order valence-corrected chi connectivity index (χ2v) is 15.3. The van der Waals surface area contributed by atoms with Gasteiger partial charge in [-0.05, 0) is 0 Å². The van der Waals surface area contributed by atoms with Crippen LogP contribution in [-0.2, 0) is 19.3 Å². The van der Waals surface area contributed by atoms with Gasteiger partial charge in [-0.2, -0.15) is 0 Å². The average molecular weight is 451 g/mol. The van der Waals surface area contributed by atoms with Crippen molar-refractivity contribution in [2.75, 3.05) is 0 Å². The molecule has 3 aromatic carbocycles. The second kappa shape index (κ2) is 11.9. The Balaban J connectivity index is 0.00000243. The summed E-state index contributed by atoms with van der Waals surface area (Å²) in [5.74, 6) is 0. The van der Waals surface area contributed by atoms with Gasteiger partial charge in [-0.15, -0.1) is 0 Å². The second-order valence-electron chi connectivity index (χ2n) is 6.71. The van der Waals surface area contributed by atoms with Crippen LogP contribution in [0.2, 0.25) is 13.3 Å². The molecule has 0 bridgehead atoms. The van der Waals surface area contributed by atoms with E-state index in [9.17, 15) is 0 Å². The number of hydrogen-bond donors (Lipinski definition) is 0. The van der Waals surface area contributed by atoms with Gasteiger partial charge in [0.15, 0.2) is 0 Å². The van der Waals surface area contributed by atoms with Crippen molar-refractivity contribution in [3.63, 3.8) is 0 Å². The quantitative estimate of drug-likeness (QED) is 0.366. The Kier molecular flexibility index (Phi) is 9.51. The van der Waals surface area contributed by atoms with Crippen molar-refractivity contribution in [3.05, 3.63) is 108 Å². The van der Waals surface area contributed by atoms with Crippen LogP contribution < -0.4 is 0 Å². The number of rotatable bonds is 9. The fraction of sp³-hybridized carbons (Fsp3) is 0.250. The Labute approximate surface area is 165 Å². The molecule has 0 aromatic heterocycles. The zero-order chi connectivity index (χ0) is 17.2. The van der Waals surface area contributed by atoms with Crippen LogP contribution in [0.4, 0.5) is 0 Å². The molecule has 3 aromatic rings. The first kappa shape index (κ1) is 20.7. The van der Waals surface area contributed by atoms with Gasteiger partial charge in [0.25, 0.3) is 0 Å². The molecule has 134 valence electrons. The van der Waals surface area contributed by atoms with Crippen LogP contribution in [0.3, 0.4) is 0 Å². The van der Waals surface area contributed by atoms with Crippen LogP contribution >= 0.6 is 0 Å². The molecule has 1 nitrogen and oxygen atoms in total. The van der Waals surface area contributed by atoms with Crippen molar-refractivity contribution < 1.29 is 5.48 Å². The maximum absolute atomic E-state index is 2.29. The van der Waals surface area contributed by atoms with Crippen LogP contribution in [0.5, 0.6) is 0 Å². The van der Waals surface area contributed by atoms with Gasteiger partial charge in [-0.1, -0.05) is 0 Å². The zero-order valence-corrected chi connectivity index (χ0v) is 18.2. The molecule has 0 amide bonds. The summed E-state index contributed by atoms with van der Waals surface area (Å²) in [6.07, 6.45) is 3.83. The van der Waals surface area contributed by atoms with Gasteiger partial charge in [0.05, 0.1) is 0 Å². The van der Waals surface area contributed by atoms with E-state index in [-0.39, 0.29) is 5.48 Å². The third-order valence-electron chi connectivity index (χ3n) is 4.83. The van der Waals surface area contributed by atoms with Gasteiger partial charge in [0.1, 0.15) is 0 Å². The molecule has 0 atom stereocenters. The van der Waals surface area contributed by atoms with Gasteiger partial charge in [-0.3, -0.25) is 0 Å². The molecule has 0 radical (unpaired) electrons. The van der Waals surface area contributed by atoms with Crippen molar-refractivity contribution in [3.8, 4) is 0 Å². The Hall–Kier alpha value is -1.58. The Morgan fingerprint density at radius 1 is 0.423 bits per heavy atom. The molecule has 0 aliphatic rings. The summed E-state index contributed by atoms with van der Waals surface area (Å²) in [5.41, 5.74) is 4.54. The van der Waals surface area contributed by atoms with Gasteiger partial charge in [-0.25, -0.2) is 0 Å². The number of aryl methyl sites for hydroxylation is 3. The molecule has 26 heavy (non-hydrogen) atoms. The summed E-state index contributed by atoms with van der Waals surface area (Å²) >= 11 is -1.38. The maximum atomic E-state index is 2.29. The summed E-state index contributed by atoms with van der Waals surface area (Å²) in [7, 11) is 0. The standard InChI is InChI=1S/3C8H9.H2O.Sn/c3*1-2-8-6-4-3-5-7-8;;/h3*3-7H,1-2H2;1H2;/q;;;;+1/p-1. The Bertz CT molecular complexity index is 610. The summed E-state index contributed by atoms with van der Waals surface area (Å²) < 4.78 is 4.43. The molecular weight excluding hydrogens is 423 g/mol. The SMILES string of the molecule is [OH-].c1ccc(C[CH2][Sn+]([CH2]Cc2ccccc2)[CH2]Cc2ccccc2)cc1. The molecule has 3 rings (SSSR count). The Morgan fingerprint density at radius 3 is 0.962 bits per heavy atom. The summed E-state index contributed by atoms with van der Waals surface area (Å²) in [6, 6.07) is 33.1. The summed E-state index contributed by atoms with van der Waals surface area (Å²) in [4.78, 5) is 0. The van der Waals surface area contributed by atoms with Crippen molar-refractivity contribution in [2.24, 2.45) is 0 Å². The van der Waals surface area contributed by atoms with Crippen molar-refractivity contribution in [1.82, 2.24) is 0 Å². The first-order valence-corrected chi connectivity index (χ1v) is 15.4. The van der Waals surface area contributed by atoms with E-state index < -0.39 is 19.8 Å². The topological polar surface area (TPSA) is 30.0 Å². The van der Waals surface area contributed by atoms with E-state index in [4.69, 9.17) is 0 Å². The van der Waals surface area contributed by atoms with Gasteiger partial charge >= 0.3 is 160 Å². The molecule has 0 fully saturated rings. The van der Waals surface area contributed by atoms with Gasteiger partial charge in [0.2, 0.25) is 0 Å². The minimum atomic E-state index is -1.38. The minimum absolute atomic E-state index is 0. The molecule has 0 saturated heterocycles. The fourth-order valence-corrected chi connectivity index (χ4v) is 10.9. The van der Waals surface area contributed by atoms with E-state index in [2.05, 4.69) is 91.0 Å². The monoisotopic (exact) mass is 452 g/mol. The van der Waals surface area contributed by atoms with Gasteiger partial charge < -0.3 is 5.48 Å². The average Bonchev–Trinajstić information content (AvgIpc) is 2.70. The number of benzene rings is 3. The van der Waals surface area contributed by atoms with Crippen LogP contribution in [0.1, 0.15) is 16.7 Å². The summed E-state index contributed by atoms with van der Waals surface area (Å²) in [5, 5.41) is 0. The van der Waals surface area contributed by atoms with E-state index in [1.54, 1.807) is 0 Å². The first-order chi connectivity index (χ1) is 12.4. The molecule has 0 spiro atoms. The van der Waals surface area contributed by atoms with E-state index >= 15 is 0 Å². The zero-order valence-electron chi connectivity index (χ0n) is 15.4. The molecule has 0 aliphatic heterocycles. The molecule has 2 heteroatoms. The van der Waals surface area contributed by atoms with Crippen LogP contribution in [-0.4, -0.2) is 25.2 Å². The molecule has 0 aliphatic carbocycles. The van der Waals surface area contributed by atoms with Crippen LogP contribution in [0, 0.1) is 0 Å². The van der Waals surface area contributed by atoms with Crippen molar-refractivity contribution in [1.29, 1.82) is 0 Å². The van der Waals surface area contributed by atoms with Crippen molar-refractivity contribution >= 4 is 19.8 Å². The van der Waals surface area contributed by atoms with E-state index in [1.807, 2.05) is 0 Å². The number of hydrogen-bond acceptors (Lipinski definition) is 1. The molecule has 1 N–H and O–H groups in total. The van der Waals surface area contributed by atoms with Crippen LogP contribution in [0.25, 0.3) is 0 Å². The molecule has 0 heterocycles. The third kappa shape index (κ3) is 7.35. The first-order valence-electron chi connectivity index (χ1n) is 9.35. The summed E-state index contributed by atoms with van der Waals surface area (Å²) in [6.45, 7) is 0. The molecule has 0 saturated carbocycles. The van der Waals surface area contributed by atoms with E-state index in [0.29, 0.717) is 0 Å². The molecule has 0 unspecified atom stereocenters. The third-order valence-corrected chi connectivity index (χ3v) is 13.0. The predicted octanol–water partition coefficient (Wildman–Crippen LogP) is 6.03. The van der Waals surface area contributed by atoms with Crippen molar-refractivity contribution in [2.45, 2.75) is 32.6 Å². The van der Waals surface area contributed by atoms with Gasteiger partial charge in [0, 0.05) is 0 Å². The normalized spacial score (nSPS) is 10.2.